The molecule has 0 N–H and O–H groups in total. The molecule has 4 bridgehead atoms. The maximum Gasteiger partial charge on any atom is 0.116 e. The molecule has 1 nitrogen and oxygen atoms in total. The zero-order chi connectivity index (χ0) is 10.2. The van der Waals surface area contributed by atoms with Gasteiger partial charge in [0.1, 0.15) is 9.87 Å². The molecular weight excluding hydrogens is 232 g/mol. The van der Waals surface area contributed by atoms with E-state index < -0.39 is 0 Å². The Morgan fingerprint density at radius 1 is 0.786 bits per heavy atom. The molecule has 0 aromatic rings. The predicted molar refractivity (Wildman–Crippen MR) is 66.7 cm³/mol. The summed E-state index contributed by atoms with van der Waals surface area (Å²) in [7, 11) is 0. The first-order chi connectivity index (χ1) is 6.24. The highest BCUT2D eigenvalue weighted by Gasteiger charge is 2.65. The van der Waals surface area contributed by atoms with Gasteiger partial charge in [0.15, 0.2) is 0 Å². The van der Waals surface area contributed by atoms with Gasteiger partial charge in [-0.1, -0.05) is 0 Å². The average Bonchev–Trinajstić information content (AvgIpc) is 1.67. The van der Waals surface area contributed by atoms with Crippen molar-refractivity contribution in [2.75, 3.05) is 0 Å². The molecular formula is C10H16OS3. The minimum atomic E-state index is 0.0625. The summed E-state index contributed by atoms with van der Waals surface area (Å²) in [6.45, 7) is 9.31. The van der Waals surface area contributed by atoms with E-state index in [0.29, 0.717) is 8.16 Å². The first-order valence-electron chi connectivity index (χ1n) is 5.05. The first-order valence-corrected chi connectivity index (χ1v) is 7.50. The molecule has 0 aromatic carbocycles. The van der Waals surface area contributed by atoms with Gasteiger partial charge >= 0.3 is 0 Å². The van der Waals surface area contributed by atoms with Crippen LogP contribution in [0.1, 0.15) is 40.5 Å². The van der Waals surface area contributed by atoms with Gasteiger partial charge in [-0.2, -0.15) is 0 Å². The van der Waals surface area contributed by atoms with Crippen molar-refractivity contribution in [3.8, 4) is 0 Å². The van der Waals surface area contributed by atoms with E-state index in [1.807, 2.05) is 23.5 Å². The number of thioether (sulfide) groups is 3. The Hall–Kier alpha value is 1.01. The first kappa shape index (κ1) is 10.2. The van der Waals surface area contributed by atoms with E-state index >= 15 is 0 Å². The van der Waals surface area contributed by atoms with E-state index in [1.165, 1.54) is 12.8 Å². The second-order valence-electron chi connectivity index (χ2n) is 5.30. The lowest BCUT2D eigenvalue weighted by atomic mass is 10.1. The van der Waals surface area contributed by atoms with Crippen LogP contribution in [-0.4, -0.2) is 18.0 Å². The number of rotatable bonds is 0. The molecule has 4 saturated heterocycles. The van der Waals surface area contributed by atoms with Crippen molar-refractivity contribution in [2.24, 2.45) is 0 Å². The number of hydrogen-bond donors (Lipinski definition) is 0. The molecule has 4 rings (SSSR count). The summed E-state index contributed by atoms with van der Waals surface area (Å²) in [6.07, 6.45) is 2.34. The maximum absolute atomic E-state index is 6.24. The highest BCUT2D eigenvalue weighted by atomic mass is 32.2. The van der Waals surface area contributed by atoms with Crippen LogP contribution in [0.5, 0.6) is 0 Å². The van der Waals surface area contributed by atoms with Crippen LogP contribution in [-0.2, 0) is 4.74 Å². The summed E-state index contributed by atoms with van der Waals surface area (Å²) in [5, 5.41) is 0. The van der Waals surface area contributed by atoms with Gasteiger partial charge in [0.2, 0.25) is 0 Å². The molecule has 0 radical (unpaired) electrons. The number of hydrogen-bond acceptors (Lipinski definition) is 4. The highest BCUT2D eigenvalue weighted by Crippen LogP contribution is 2.75. The van der Waals surface area contributed by atoms with Crippen molar-refractivity contribution in [1.29, 1.82) is 0 Å². The third kappa shape index (κ3) is 1.37. The maximum atomic E-state index is 6.24. The van der Waals surface area contributed by atoms with Crippen LogP contribution in [0.25, 0.3) is 0 Å². The fraction of sp³-hybridized carbons (Fsp3) is 1.00. The van der Waals surface area contributed by atoms with Gasteiger partial charge in [0.25, 0.3) is 0 Å². The largest absolute Gasteiger partial charge is 0.348 e. The molecule has 0 spiro atoms. The SMILES string of the molecule is C[C@@]12C[C@]3(C)O[C@@](C)(C[C@](C)(S1)S3)S2. The molecule has 4 heterocycles. The van der Waals surface area contributed by atoms with Crippen LogP contribution >= 0.6 is 35.3 Å². The topological polar surface area (TPSA) is 9.23 Å². The van der Waals surface area contributed by atoms with Crippen molar-refractivity contribution >= 4 is 35.3 Å². The summed E-state index contributed by atoms with van der Waals surface area (Å²) >= 11 is 6.23. The third-order valence-corrected chi connectivity index (χ3v) is 7.64. The third-order valence-electron chi connectivity index (χ3n) is 3.01. The Morgan fingerprint density at radius 3 is 1.57 bits per heavy atom. The molecule has 0 unspecified atom stereocenters. The van der Waals surface area contributed by atoms with Gasteiger partial charge in [-0.15, -0.1) is 35.3 Å². The van der Waals surface area contributed by atoms with Crippen LogP contribution in [0, 0.1) is 0 Å². The molecule has 4 heteroatoms. The smallest absolute Gasteiger partial charge is 0.116 e. The standard InChI is InChI=1S/C10H16OS3/c1-7-5-9(3)13-8(2,11-7)6-10(4,12-7)14-9/h5-6H2,1-4H3/t7-,8-,9+,10+/m1/s1. The lowest BCUT2D eigenvalue weighted by molar-refractivity contribution is -0.0698. The molecule has 4 atom stereocenters. The summed E-state index contributed by atoms with van der Waals surface area (Å²) in [5.41, 5.74) is 0. The van der Waals surface area contributed by atoms with E-state index in [-0.39, 0.29) is 9.87 Å². The zero-order valence-electron chi connectivity index (χ0n) is 9.05. The quantitative estimate of drug-likeness (QED) is 0.643. The van der Waals surface area contributed by atoms with Crippen LogP contribution in [0.2, 0.25) is 0 Å². The molecule has 4 fully saturated rings. The number of ether oxygens (including phenoxy) is 1. The Labute approximate surface area is 98.5 Å². The van der Waals surface area contributed by atoms with Crippen molar-refractivity contribution in [2.45, 2.75) is 58.6 Å². The minimum Gasteiger partial charge on any atom is -0.348 e. The van der Waals surface area contributed by atoms with Gasteiger partial charge in [-0.05, 0) is 27.7 Å². The summed E-state index contributed by atoms with van der Waals surface area (Å²) < 4.78 is 6.99. The van der Waals surface area contributed by atoms with E-state index in [2.05, 4.69) is 39.5 Å². The molecule has 0 saturated carbocycles. The van der Waals surface area contributed by atoms with E-state index in [9.17, 15) is 0 Å². The van der Waals surface area contributed by atoms with Crippen molar-refractivity contribution in [1.82, 2.24) is 0 Å². The molecule has 80 valence electrons. The van der Waals surface area contributed by atoms with Gasteiger partial charge in [0, 0.05) is 12.8 Å². The summed E-state index contributed by atoms with van der Waals surface area (Å²) in [6, 6.07) is 0. The Bertz CT molecular complexity index is 208. The fourth-order valence-corrected chi connectivity index (χ4v) is 11.7. The molecule has 0 aliphatic carbocycles. The van der Waals surface area contributed by atoms with Gasteiger partial charge in [0.05, 0.1) is 8.16 Å². The second kappa shape index (κ2) is 2.47. The molecule has 4 aliphatic heterocycles. The Kier molecular flexibility index (Phi) is 1.79. The lowest BCUT2D eigenvalue weighted by Crippen LogP contribution is -2.61. The van der Waals surface area contributed by atoms with Crippen LogP contribution in [0.15, 0.2) is 0 Å². The molecule has 0 aromatic heterocycles. The van der Waals surface area contributed by atoms with E-state index in [1.54, 1.807) is 0 Å². The van der Waals surface area contributed by atoms with Crippen molar-refractivity contribution in [3.05, 3.63) is 0 Å². The van der Waals surface area contributed by atoms with Crippen LogP contribution < -0.4 is 0 Å². The van der Waals surface area contributed by atoms with Crippen LogP contribution in [0.4, 0.5) is 0 Å². The second-order valence-corrected chi connectivity index (χ2v) is 11.8. The predicted octanol–water partition coefficient (Wildman–Crippen LogP) is 3.89. The average molecular weight is 248 g/mol. The van der Waals surface area contributed by atoms with E-state index in [4.69, 9.17) is 4.74 Å². The molecule has 14 heavy (non-hydrogen) atoms. The minimum absolute atomic E-state index is 0.0625. The van der Waals surface area contributed by atoms with Gasteiger partial charge in [-0.25, -0.2) is 0 Å². The molecule has 4 aliphatic rings. The summed E-state index contributed by atoms with van der Waals surface area (Å²) in [4.78, 5) is 0.125. The monoisotopic (exact) mass is 248 g/mol. The van der Waals surface area contributed by atoms with Gasteiger partial charge in [-0.3, -0.25) is 0 Å². The zero-order valence-corrected chi connectivity index (χ0v) is 11.5. The fourth-order valence-electron chi connectivity index (χ4n) is 3.37. The normalized spacial score (nSPS) is 66.0. The Balaban J connectivity index is 2.08. The molecule has 0 amide bonds. The highest BCUT2D eigenvalue weighted by molar-refractivity contribution is 8.28. The Morgan fingerprint density at radius 2 is 1.21 bits per heavy atom. The van der Waals surface area contributed by atoms with Crippen LogP contribution in [0.3, 0.4) is 0 Å². The van der Waals surface area contributed by atoms with Crippen molar-refractivity contribution in [3.63, 3.8) is 0 Å². The van der Waals surface area contributed by atoms with Gasteiger partial charge < -0.3 is 4.74 Å². The van der Waals surface area contributed by atoms with E-state index in [0.717, 1.165) is 0 Å². The summed E-state index contributed by atoms with van der Waals surface area (Å²) in [5.74, 6) is 0. The van der Waals surface area contributed by atoms with Crippen molar-refractivity contribution < 1.29 is 4.74 Å². The lowest BCUT2D eigenvalue weighted by Gasteiger charge is -2.65.